The van der Waals surface area contributed by atoms with Gasteiger partial charge in [0.2, 0.25) is 0 Å². The van der Waals surface area contributed by atoms with E-state index < -0.39 is 0 Å². The molecule has 0 bridgehead atoms. The van der Waals surface area contributed by atoms with Crippen molar-refractivity contribution in [2.24, 2.45) is 0 Å². The molecule has 0 amide bonds. The van der Waals surface area contributed by atoms with E-state index in [9.17, 15) is 0 Å². The number of pyridine rings is 1. The van der Waals surface area contributed by atoms with Crippen LogP contribution in [0.15, 0.2) is 41.1 Å². The molecule has 1 atom stereocenters. The van der Waals surface area contributed by atoms with E-state index >= 15 is 0 Å². The summed E-state index contributed by atoms with van der Waals surface area (Å²) in [6.45, 7) is 2.05. The van der Waals surface area contributed by atoms with E-state index in [1.807, 2.05) is 49.5 Å². The van der Waals surface area contributed by atoms with E-state index in [0.717, 1.165) is 17.3 Å². The molecule has 2 aromatic rings. The SMILES string of the molecule is CC(Nc1ccc(N(C)C)nc1)c1ccco1. The minimum absolute atomic E-state index is 0.136. The molecule has 2 aromatic heterocycles. The fourth-order valence-electron chi connectivity index (χ4n) is 1.59. The largest absolute Gasteiger partial charge is 0.467 e. The summed E-state index contributed by atoms with van der Waals surface area (Å²) in [5.41, 5.74) is 0.986. The van der Waals surface area contributed by atoms with Gasteiger partial charge in [0.25, 0.3) is 0 Å². The highest BCUT2D eigenvalue weighted by Gasteiger charge is 2.07. The summed E-state index contributed by atoms with van der Waals surface area (Å²) in [7, 11) is 3.95. The standard InChI is InChI=1S/C13H17N3O/c1-10(12-5-4-8-17-12)15-11-6-7-13(14-9-11)16(2)3/h4-10,15H,1-3H3. The molecule has 0 aliphatic rings. The van der Waals surface area contributed by atoms with Gasteiger partial charge in [-0.15, -0.1) is 0 Å². The molecular formula is C13H17N3O. The minimum atomic E-state index is 0.136. The van der Waals surface area contributed by atoms with Gasteiger partial charge in [0.1, 0.15) is 11.6 Å². The lowest BCUT2D eigenvalue weighted by atomic mass is 10.2. The average Bonchev–Trinajstić information content (AvgIpc) is 2.83. The zero-order valence-electron chi connectivity index (χ0n) is 10.3. The number of hydrogen-bond acceptors (Lipinski definition) is 4. The van der Waals surface area contributed by atoms with Gasteiger partial charge in [-0.1, -0.05) is 0 Å². The fourth-order valence-corrected chi connectivity index (χ4v) is 1.59. The maximum Gasteiger partial charge on any atom is 0.128 e. The lowest BCUT2D eigenvalue weighted by Gasteiger charge is -2.14. The number of aromatic nitrogens is 1. The van der Waals surface area contributed by atoms with Crippen LogP contribution in [0.25, 0.3) is 0 Å². The van der Waals surface area contributed by atoms with Crippen molar-refractivity contribution in [3.05, 3.63) is 42.5 Å². The molecule has 0 fully saturated rings. The molecule has 0 saturated heterocycles. The monoisotopic (exact) mass is 231 g/mol. The normalized spacial score (nSPS) is 12.2. The van der Waals surface area contributed by atoms with Crippen LogP contribution in [0.4, 0.5) is 11.5 Å². The predicted molar refractivity (Wildman–Crippen MR) is 69.3 cm³/mol. The van der Waals surface area contributed by atoms with Gasteiger partial charge in [-0.25, -0.2) is 4.98 Å². The quantitative estimate of drug-likeness (QED) is 0.878. The first-order chi connectivity index (χ1) is 8.16. The molecule has 2 rings (SSSR count). The third-order valence-corrected chi connectivity index (χ3v) is 2.56. The van der Waals surface area contributed by atoms with Crippen LogP contribution in [0.3, 0.4) is 0 Å². The fraction of sp³-hybridized carbons (Fsp3) is 0.308. The summed E-state index contributed by atoms with van der Waals surface area (Å²) in [5.74, 6) is 1.86. The first-order valence-corrected chi connectivity index (χ1v) is 5.60. The van der Waals surface area contributed by atoms with Crippen molar-refractivity contribution in [3.8, 4) is 0 Å². The molecule has 0 aliphatic carbocycles. The van der Waals surface area contributed by atoms with E-state index in [-0.39, 0.29) is 6.04 Å². The summed E-state index contributed by atoms with van der Waals surface area (Å²) < 4.78 is 5.34. The van der Waals surface area contributed by atoms with E-state index in [1.54, 1.807) is 6.26 Å². The molecule has 4 heteroatoms. The summed E-state index contributed by atoms with van der Waals surface area (Å²) in [6.07, 6.45) is 3.51. The van der Waals surface area contributed by atoms with E-state index in [0.29, 0.717) is 0 Å². The Morgan fingerprint density at radius 2 is 2.12 bits per heavy atom. The van der Waals surface area contributed by atoms with Gasteiger partial charge in [0.05, 0.1) is 24.2 Å². The topological polar surface area (TPSA) is 41.3 Å². The Labute approximate surface area is 101 Å². The van der Waals surface area contributed by atoms with Crippen molar-refractivity contribution in [2.45, 2.75) is 13.0 Å². The van der Waals surface area contributed by atoms with Crippen LogP contribution in [-0.2, 0) is 0 Å². The number of anilines is 2. The molecular weight excluding hydrogens is 214 g/mol. The number of hydrogen-bond donors (Lipinski definition) is 1. The van der Waals surface area contributed by atoms with E-state index in [2.05, 4.69) is 17.2 Å². The van der Waals surface area contributed by atoms with Crippen LogP contribution in [0, 0.1) is 0 Å². The van der Waals surface area contributed by atoms with Gasteiger partial charge in [-0.2, -0.15) is 0 Å². The van der Waals surface area contributed by atoms with Crippen LogP contribution < -0.4 is 10.2 Å². The zero-order valence-corrected chi connectivity index (χ0v) is 10.3. The minimum Gasteiger partial charge on any atom is -0.467 e. The van der Waals surface area contributed by atoms with Gasteiger partial charge in [-0.05, 0) is 31.2 Å². The number of nitrogens with one attached hydrogen (secondary N) is 1. The van der Waals surface area contributed by atoms with Crippen LogP contribution in [-0.4, -0.2) is 19.1 Å². The Morgan fingerprint density at radius 3 is 2.65 bits per heavy atom. The van der Waals surface area contributed by atoms with Crippen LogP contribution >= 0.6 is 0 Å². The van der Waals surface area contributed by atoms with Gasteiger partial charge >= 0.3 is 0 Å². The summed E-state index contributed by atoms with van der Waals surface area (Å²) in [4.78, 5) is 6.32. The van der Waals surface area contributed by atoms with Crippen LogP contribution in [0.2, 0.25) is 0 Å². The summed E-state index contributed by atoms with van der Waals surface area (Å²) in [5, 5.41) is 3.34. The third-order valence-electron chi connectivity index (χ3n) is 2.56. The molecule has 17 heavy (non-hydrogen) atoms. The summed E-state index contributed by atoms with van der Waals surface area (Å²) in [6, 6.07) is 7.98. The van der Waals surface area contributed by atoms with Gasteiger partial charge < -0.3 is 14.6 Å². The smallest absolute Gasteiger partial charge is 0.128 e. The molecule has 0 saturated carbocycles. The Morgan fingerprint density at radius 1 is 1.29 bits per heavy atom. The summed E-state index contributed by atoms with van der Waals surface area (Å²) >= 11 is 0. The van der Waals surface area contributed by atoms with Gasteiger partial charge in [0.15, 0.2) is 0 Å². The highest BCUT2D eigenvalue weighted by atomic mass is 16.3. The predicted octanol–water partition coefficient (Wildman–Crippen LogP) is 2.91. The van der Waals surface area contributed by atoms with Crippen molar-refractivity contribution in [3.63, 3.8) is 0 Å². The van der Waals surface area contributed by atoms with E-state index in [4.69, 9.17) is 4.42 Å². The zero-order chi connectivity index (χ0) is 12.3. The lowest BCUT2D eigenvalue weighted by molar-refractivity contribution is 0.490. The Bertz CT molecular complexity index is 448. The van der Waals surface area contributed by atoms with Crippen molar-refractivity contribution >= 4 is 11.5 Å². The second-order valence-electron chi connectivity index (χ2n) is 4.18. The van der Waals surface area contributed by atoms with Gasteiger partial charge in [0, 0.05) is 14.1 Å². The van der Waals surface area contributed by atoms with Crippen molar-refractivity contribution in [2.75, 3.05) is 24.3 Å². The highest BCUT2D eigenvalue weighted by molar-refractivity contribution is 5.48. The molecule has 0 aliphatic heterocycles. The second-order valence-corrected chi connectivity index (χ2v) is 4.18. The van der Waals surface area contributed by atoms with Gasteiger partial charge in [-0.3, -0.25) is 0 Å². The molecule has 1 N–H and O–H groups in total. The highest BCUT2D eigenvalue weighted by Crippen LogP contribution is 2.20. The molecule has 90 valence electrons. The molecule has 0 aromatic carbocycles. The Balaban J connectivity index is 2.04. The molecule has 0 radical (unpaired) electrons. The van der Waals surface area contributed by atoms with Crippen LogP contribution in [0.1, 0.15) is 18.7 Å². The second kappa shape index (κ2) is 4.91. The first kappa shape index (κ1) is 11.5. The van der Waals surface area contributed by atoms with Crippen molar-refractivity contribution in [1.29, 1.82) is 0 Å². The maximum atomic E-state index is 5.34. The maximum absolute atomic E-state index is 5.34. The Kier molecular flexibility index (Phi) is 3.32. The molecule has 2 heterocycles. The number of rotatable bonds is 4. The average molecular weight is 231 g/mol. The molecule has 4 nitrogen and oxygen atoms in total. The van der Waals surface area contributed by atoms with Crippen molar-refractivity contribution < 1.29 is 4.42 Å². The third kappa shape index (κ3) is 2.78. The number of furan rings is 1. The lowest BCUT2D eigenvalue weighted by Crippen LogP contribution is -2.11. The molecule has 0 spiro atoms. The van der Waals surface area contributed by atoms with Crippen molar-refractivity contribution in [1.82, 2.24) is 4.98 Å². The molecule has 1 unspecified atom stereocenters. The Hall–Kier alpha value is -1.97. The van der Waals surface area contributed by atoms with E-state index in [1.165, 1.54) is 0 Å². The first-order valence-electron chi connectivity index (χ1n) is 5.60. The number of nitrogens with zero attached hydrogens (tertiary/aromatic N) is 2. The van der Waals surface area contributed by atoms with Crippen LogP contribution in [0.5, 0.6) is 0 Å².